The van der Waals surface area contributed by atoms with Crippen LogP contribution in [0.5, 0.6) is 0 Å². The van der Waals surface area contributed by atoms with Crippen molar-refractivity contribution in [2.75, 3.05) is 40.3 Å². The number of pyridine rings is 1. The Morgan fingerprint density at radius 3 is 2.71 bits per heavy atom. The molecule has 9 nitrogen and oxygen atoms in total. The van der Waals surface area contributed by atoms with Gasteiger partial charge in [-0.2, -0.15) is 0 Å². The predicted octanol–water partition coefficient (Wildman–Crippen LogP) is 3.62. The largest absolute Gasteiger partial charge is 0.346 e. The van der Waals surface area contributed by atoms with E-state index in [1.807, 2.05) is 37.5 Å². The van der Waals surface area contributed by atoms with Crippen LogP contribution in [-0.4, -0.2) is 82.3 Å². The zero-order valence-electron chi connectivity index (χ0n) is 23.8. The lowest BCUT2D eigenvalue weighted by molar-refractivity contribution is 0.0935. The quantitative estimate of drug-likeness (QED) is 0.241. The van der Waals surface area contributed by atoms with Gasteiger partial charge in [0.15, 0.2) is 5.82 Å². The summed E-state index contributed by atoms with van der Waals surface area (Å²) < 4.78 is 4.44. The van der Waals surface area contributed by atoms with E-state index in [-0.39, 0.29) is 42.8 Å². The second-order valence-corrected chi connectivity index (χ2v) is 11.2. The number of aromatic nitrogens is 4. The Bertz CT molecular complexity index is 1520. The van der Waals surface area contributed by atoms with Gasteiger partial charge in [0.1, 0.15) is 5.65 Å². The molecule has 2 atom stereocenters. The molecule has 1 saturated heterocycles. The number of aryl methyl sites for hydroxylation is 1. The highest BCUT2D eigenvalue weighted by Crippen LogP contribution is 2.35. The van der Waals surface area contributed by atoms with Gasteiger partial charge in [-0.15, -0.1) is 24.8 Å². The molecule has 41 heavy (non-hydrogen) atoms. The summed E-state index contributed by atoms with van der Waals surface area (Å²) in [6.07, 6.45) is 8.70. The molecule has 3 aromatic heterocycles. The number of amides is 1. The first kappa shape index (κ1) is 31.0. The van der Waals surface area contributed by atoms with Gasteiger partial charge >= 0.3 is 0 Å². The third-order valence-corrected chi connectivity index (χ3v) is 7.83. The van der Waals surface area contributed by atoms with Gasteiger partial charge < -0.3 is 30.0 Å². The molecule has 0 spiro atoms. The molecule has 2 aliphatic rings. The lowest BCUT2D eigenvalue weighted by atomic mass is 10.1. The Balaban J connectivity index is 0.00000194. The number of rotatable bonds is 10. The number of likely N-dealkylation sites (N-methyl/N-ethyl adjacent to an activating group) is 1. The van der Waals surface area contributed by atoms with Gasteiger partial charge in [0.2, 0.25) is 0 Å². The summed E-state index contributed by atoms with van der Waals surface area (Å²) >= 11 is 0. The molecule has 1 amide bonds. The van der Waals surface area contributed by atoms with Crippen molar-refractivity contribution in [3.63, 3.8) is 0 Å². The highest BCUT2D eigenvalue weighted by atomic mass is 35.5. The molecule has 1 aromatic carbocycles. The van der Waals surface area contributed by atoms with Crippen molar-refractivity contribution in [3.05, 3.63) is 60.3 Å². The van der Waals surface area contributed by atoms with Gasteiger partial charge in [0, 0.05) is 63.0 Å². The maximum absolute atomic E-state index is 13.3. The smallest absolute Gasteiger partial charge is 0.251 e. The van der Waals surface area contributed by atoms with Crippen molar-refractivity contribution in [1.29, 1.82) is 0 Å². The molecule has 220 valence electrons. The zero-order chi connectivity index (χ0) is 26.9. The van der Waals surface area contributed by atoms with Crippen molar-refractivity contribution in [2.45, 2.75) is 31.5 Å². The molecule has 4 aromatic rings. The third-order valence-electron chi connectivity index (χ3n) is 7.83. The van der Waals surface area contributed by atoms with Crippen LogP contribution in [0.15, 0.2) is 54.7 Å². The fourth-order valence-corrected chi connectivity index (χ4v) is 5.47. The molecule has 3 N–H and O–H groups in total. The first-order chi connectivity index (χ1) is 19.0. The minimum atomic E-state index is -0.0696. The van der Waals surface area contributed by atoms with E-state index >= 15 is 0 Å². The van der Waals surface area contributed by atoms with E-state index in [1.165, 1.54) is 12.8 Å². The number of hydrogen-bond donors (Lipinski definition) is 3. The lowest BCUT2D eigenvalue weighted by Gasteiger charge is -2.20. The number of hydrogen-bond acceptors (Lipinski definition) is 6. The van der Waals surface area contributed by atoms with Gasteiger partial charge in [0.25, 0.3) is 5.91 Å². The van der Waals surface area contributed by atoms with Gasteiger partial charge in [0.05, 0.1) is 22.8 Å². The number of imidazole rings is 1. The second kappa shape index (κ2) is 13.4. The Labute approximate surface area is 253 Å². The monoisotopic (exact) mass is 598 g/mol. The van der Waals surface area contributed by atoms with Crippen LogP contribution in [0.2, 0.25) is 0 Å². The summed E-state index contributed by atoms with van der Waals surface area (Å²) in [6.45, 7) is 4.24. The molecule has 11 heteroatoms. The van der Waals surface area contributed by atoms with Crippen molar-refractivity contribution in [1.82, 2.24) is 40.0 Å². The molecule has 0 unspecified atom stereocenters. The summed E-state index contributed by atoms with van der Waals surface area (Å²) in [5, 5.41) is 11.3. The SMILES string of the molecule is CN(C)C/C=C/CN[C@@H]1CNC[C@H]1NC(=O)c1ccc2c(c1)nc(-c1cc3cccnc3n1CC1CC1)n2C.Cl.Cl. The molecule has 0 radical (unpaired) electrons. The molecule has 4 heterocycles. The van der Waals surface area contributed by atoms with Crippen LogP contribution in [0.3, 0.4) is 0 Å². The van der Waals surface area contributed by atoms with Crippen LogP contribution in [0.4, 0.5) is 0 Å². The maximum Gasteiger partial charge on any atom is 0.251 e. The Kier molecular flexibility index (Phi) is 10.1. The normalized spacial score (nSPS) is 18.7. The summed E-state index contributed by atoms with van der Waals surface area (Å²) in [5.41, 5.74) is 4.54. The van der Waals surface area contributed by atoms with Gasteiger partial charge in [-0.25, -0.2) is 9.97 Å². The number of halogens is 2. The average molecular weight is 600 g/mol. The second-order valence-electron chi connectivity index (χ2n) is 11.2. The molecule has 1 aliphatic heterocycles. The van der Waals surface area contributed by atoms with E-state index in [0.717, 1.165) is 66.3 Å². The first-order valence-corrected chi connectivity index (χ1v) is 13.9. The number of benzene rings is 1. The number of carbonyl (C=O) groups excluding carboxylic acids is 1. The van der Waals surface area contributed by atoms with Crippen LogP contribution >= 0.6 is 24.8 Å². The van der Waals surface area contributed by atoms with Crippen LogP contribution in [0.1, 0.15) is 23.2 Å². The third kappa shape index (κ3) is 6.76. The van der Waals surface area contributed by atoms with Crippen LogP contribution in [0, 0.1) is 5.92 Å². The van der Waals surface area contributed by atoms with E-state index in [2.05, 4.69) is 73.3 Å². The zero-order valence-corrected chi connectivity index (χ0v) is 25.5. The van der Waals surface area contributed by atoms with Gasteiger partial charge in [-0.05, 0) is 69.3 Å². The minimum absolute atomic E-state index is 0. The van der Waals surface area contributed by atoms with Crippen molar-refractivity contribution in [3.8, 4) is 11.5 Å². The fraction of sp³-hybridized carbons (Fsp3) is 0.433. The van der Waals surface area contributed by atoms with Crippen molar-refractivity contribution in [2.24, 2.45) is 13.0 Å². The van der Waals surface area contributed by atoms with Crippen LogP contribution in [0.25, 0.3) is 33.6 Å². The van der Waals surface area contributed by atoms with Crippen molar-refractivity contribution < 1.29 is 4.79 Å². The Hall–Kier alpha value is -2.95. The number of fused-ring (bicyclic) bond motifs is 2. The number of carbonyl (C=O) groups is 1. The molecule has 2 fully saturated rings. The molecule has 6 rings (SSSR count). The molecule has 0 bridgehead atoms. The predicted molar refractivity (Wildman–Crippen MR) is 170 cm³/mol. The van der Waals surface area contributed by atoms with E-state index in [1.54, 1.807) is 0 Å². The van der Waals surface area contributed by atoms with Crippen LogP contribution in [-0.2, 0) is 13.6 Å². The molecular formula is C30H40Cl2N8O. The van der Waals surface area contributed by atoms with Gasteiger partial charge in [-0.1, -0.05) is 12.2 Å². The Morgan fingerprint density at radius 1 is 1.12 bits per heavy atom. The fourth-order valence-electron chi connectivity index (χ4n) is 5.47. The van der Waals surface area contributed by atoms with Crippen molar-refractivity contribution >= 4 is 52.8 Å². The Morgan fingerprint density at radius 2 is 1.93 bits per heavy atom. The minimum Gasteiger partial charge on any atom is -0.346 e. The van der Waals surface area contributed by atoms with E-state index in [9.17, 15) is 4.79 Å². The molecule has 1 saturated carbocycles. The summed E-state index contributed by atoms with van der Waals surface area (Å²) in [4.78, 5) is 25.1. The summed E-state index contributed by atoms with van der Waals surface area (Å²) in [5.74, 6) is 1.54. The summed E-state index contributed by atoms with van der Waals surface area (Å²) in [7, 11) is 6.16. The molecule has 1 aliphatic carbocycles. The highest BCUT2D eigenvalue weighted by Gasteiger charge is 2.29. The maximum atomic E-state index is 13.3. The number of nitrogens with one attached hydrogen (secondary N) is 3. The van der Waals surface area contributed by atoms with Crippen LogP contribution < -0.4 is 16.0 Å². The topological polar surface area (TPSA) is 92.0 Å². The van der Waals surface area contributed by atoms with E-state index < -0.39 is 0 Å². The van der Waals surface area contributed by atoms with E-state index in [4.69, 9.17) is 4.98 Å². The highest BCUT2D eigenvalue weighted by molar-refractivity contribution is 5.98. The average Bonchev–Trinajstić information content (AvgIpc) is 3.39. The first-order valence-electron chi connectivity index (χ1n) is 13.9. The number of nitrogens with zero attached hydrogens (tertiary/aromatic N) is 5. The standard InChI is InChI=1S/C30H38N8O.2ClH/c1-36(2)14-5-4-12-32-24-17-31-18-25(24)35-30(39)22-10-11-26-23(15-22)34-29(37(26)3)27-16-21-7-6-13-33-28(21)38(27)19-20-8-9-20;;/h4-7,10-11,13,15-16,20,24-25,31-32H,8-9,12,14,17-19H2,1-3H3,(H,35,39);2*1H/b5-4+;;/t24-,25-;;/m1../s1. The molecular weight excluding hydrogens is 559 g/mol. The lowest BCUT2D eigenvalue weighted by Crippen LogP contribution is -2.49. The van der Waals surface area contributed by atoms with E-state index in [0.29, 0.717) is 11.5 Å². The van der Waals surface area contributed by atoms with Gasteiger partial charge in [-0.3, -0.25) is 4.79 Å². The summed E-state index contributed by atoms with van der Waals surface area (Å²) in [6, 6.07) is 12.3.